The van der Waals surface area contributed by atoms with Crippen molar-refractivity contribution in [2.45, 2.75) is 13.0 Å². The molecule has 0 saturated heterocycles. The largest absolute Gasteiger partial charge is 0.502 e. The molecule has 0 aliphatic carbocycles. The number of rotatable bonds is 7. The van der Waals surface area contributed by atoms with Gasteiger partial charge in [-0.1, -0.05) is 18.7 Å². The molecule has 1 aromatic carbocycles. The maximum Gasteiger partial charge on any atom is 0.123 e. The summed E-state index contributed by atoms with van der Waals surface area (Å²) in [7, 11) is 0. The van der Waals surface area contributed by atoms with Gasteiger partial charge in [-0.3, -0.25) is 0 Å². The summed E-state index contributed by atoms with van der Waals surface area (Å²) >= 11 is 0. The van der Waals surface area contributed by atoms with E-state index in [9.17, 15) is 4.39 Å². The summed E-state index contributed by atoms with van der Waals surface area (Å²) in [6.45, 7) is 5.78. The van der Waals surface area contributed by atoms with Crippen LogP contribution in [0.15, 0.2) is 37.1 Å². The van der Waals surface area contributed by atoms with E-state index in [0.717, 1.165) is 25.1 Å². The van der Waals surface area contributed by atoms with Crippen LogP contribution in [0.1, 0.15) is 12.0 Å². The smallest absolute Gasteiger partial charge is 0.123 e. The van der Waals surface area contributed by atoms with Gasteiger partial charge in [0.1, 0.15) is 5.82 Å². The summed E-state index contributed by atoms with van der Waals surface area (Å²) in [5.74, 6) is -0.196. The van der Waals surface area contributed by atoms with Gasteiger partial charge < -0.3 is 10.1 Å². The van der Waals surface area contributed by atoms with Crippen LogP contribution in [0.5, 0.6) is 0 Å². The number of ether oxygens (including phenoxy) is 1. The van der Waals surface area contributed by atoms with Crippen LogP contribution in [-0.4, -0.2) is 13.2 Å². The highest BCUT2D eigenvalue weighted by Crippen LogP contribution is 2.01. The average Bonchev–Trinajstić information content (AvgIpc) is 2.26. The Kier molecular flexibility index (Phi) is 5.48. The first-order valence-corrected chi connectivity index (χ1v) is 5.00. The Bertz CT molecular complexity index is 284. The molecule has 0 aliphatic rings. The van der Waals surface area contributed by atoms with Crippen molar-refractivity contribution in [1.29, 1.82) is 0 Å². The SMILES string of the molecule is C=COCCCNCc1ccc(F)cc1. The highest BCUT2D eigenvalue weighted by Gasteiger charge is 1.93. The van der Waals surface area contributed by atoms with Gasteiger partial charge in [-0.25, -0.2) is 4.39 Å². The molecule has 0 spiro atoms. The molecule has 0 atom stereocenters. The van der Waals surface area contributed by atoms with Gasteiger partial charge >= 0.3 is 0 Å². The fourth-order valence-corrected chi connectivity index (χ4v) is 1.20. The minimum atomic E-state index is -0.196. The van der Waals surface area contributed by atoms with Gasteiger partial charge in [-0.15, -0.1) is 0 Å². The second kappa shape index (κ2) is 7.01. The molecule has 82 valence electrons. The zero-order valence-corrected chi connectivity index (χ0v) is 8.71. The Balaban J connectivity index is 2.09. The van der Waals surface area contributed by atoms with Crippen molar-refractivity contribution in [2.75, 3.05) is 13.2 Å². The summed E-state index contributed by atoms with van der Waals surface area (Å²) < 4.78 is 17.5. The van der Waals surface area contributed by atoms with Gasteiger partial charge in [0.2, 0.25) is 0 Å². The number of benzene rings is 1. The summed E-state index contributed by atoms with van der Waals surface area (Å²) in [6, 6.07) is 6.50. The van der Waals surface area contributed by atoms with E-state index in [1.165, 1.54) is 18.4 Å². The van der Waals surface area contributed by atoms with Crippen LogP contribution < -0.4 is 5.32 Å². The van der Waals surface area contributed by atoms with Crippen LogP contribution >= 0.6 is 0 Å². The van der Waals surface area contributed by atoms with Crippen molar-refractivity contribution in [3.8, 4) is 0 Å². The van der Waals surface area contributed by atoms with Crippen LogP contribution in [0.3, 0.4) is 0 Å². The summed E-state index contributed by atoms with van der Waals surface area (Å²) in [5.41, 5.74) is 1.08. The molecule has 1 aromatic rings. The van der Waals surface area contributed by atoms with Crippen LogP contribution in [0.4, 0.5) is 4.39 Å². The molecule has 2 nitrogen and oxygen atoms in total. The van der Waals surface area contributed by atoms with E-state index in [1.807, 2.05) is 0 Å². The van der Waals surface area contributed by atoms with E-state index in [1.54, 1.807) is 12.1 Å². The highest BCUT2D eigenvalue weighted by molar-refractivity contribution is 5.15. The normalized spacial score (nSPS) is 9.93. The van der Waals surface area contributed by atoms with Crippen molar-refractivity contribution in [3.63, 3.8) is 0 Å². The van der Waals surface area contributed by atoms with E-state index < -0.39 is 0 Å². The lowest BCUT2D eigenvalue weighted by Crippen LogP contribution is -2.15. The van der Waals surface area contributed by atoms with Crippen molar-refractivity contribution in [3.05, 3.63) is 48.5 Å². The average molecular weight is 209 g/mol. The Morgan fingerprint density at radius 3 is 2.73 bits per heavy atom. The van der Waals surface area contributed by atoms with Crippen molar-refractivity contribution >= 4 is 0 Å². The predicted molar refractivity (Wildman–Crippen MR) is 58.9 cm³/mol. The van der Waals surface area contributed by atoms with Gasteiger partial charge in [0.05, 0.1) is 12.9 Å². The molecular formula is C12H16FNO. The zero-order chi connectivity index (χ0) is 10.9. The lowest BCUT2D eigenvalue weighted by atomic mass is 10.2. The third-order valence-corrected chi connectivity index (χ3v) is 1.98. The fraction of sp³-hybridized carbons (Fsp3) is 0.333. The highest BCUT2D eigenvalue weighted by atomic mass is 19.1. The number of hydrogen-bond donors (Lipinski definition) is 1. The molecule has 3 heteroatoms. The number of halogens is 1. The molecule has 1 rings (SSSR count). The first-order chi connectivity index (χ1) is 7.33. The molecule has 0 bridgehead atoms. The maximum absolute atomic E-state index is 12.6. The maximum atomic E-state index is 12.6. The lowest BCUT2D eigenvalue weighted by molar-refractivity contribution is 0.244. The van der Waals surface area contributed by atoms with Gasteiger partial charge in [0.15, 0.2) is 0 Å². The third kappa shape index (κ3) is 5.18. The van der Waals surface area contributed by atoms with Gasteiger partial charge in [0.25, 0.3) is 0 Å². The lowest BCUT2D eigenvalue weighted by Gasteiger charge is -2.04. The Hall–Kier alpha value is -1.35. The number of hydrogen-bond acceptors (Lipinski definition) is 2. The molecule has 0 fully saturated rings. The van der Waals surface area contributed by atoms with E-state index >= 15 is 0 Å². The van der Waals surface area contributed by atoms with Crippen LogP contribution in [0, 0.1) is 5.82 Å². The Morgan fingerprint density at radius 1 is 1.33 bits per heavy atom. The first-order valence-electron chi connectivity index (χ1n) is 5.00. The van der Waals surface area contributed by atoms with Crippen molar-refractivity contribution in [2.24, 2.45) is 0 Å². The minimum Gasteiger partial charge on any atom is -0.502 e. The van der Waals surface area contributed by atoms with Crippen LogP contribution in [-0.2, 0) is 11.3 Å². The molecule has 0 radical (unpaired) electrons. The van der Waals surface area contributed by atoms with Gasteiger partial charge in [-0.2, -0.15) is 0 Å². The molecule has 0 saturated carbocycles. The Morgan fingerprint density at radius 2 is 2.07 bits per heavy atom. The molecule has 15 heavy (non-hydrogen) atoms. The summed E-state index contributed by atoms with van der Waals surface area (Å²) in [5, 5.41) is 3.24. The molecule has 0 aliphatic heterocycles. The second-order valence-electron chi connectivity index (χ2n) is 3.19. The monoisotopic (exact) mass is 209 g/mol. The second-order valence-corrected chi connectivity index (χ2v) is 3.19. The minimum absolute atomic E-state index is 0.196. The summed E-state index contributed by atoms with van der Waals surface area (Å²) in [6.07, 6.45) is 2.38. The van der Waals surface area contributed by atoms with Crippen molar-refractivity contribution < 1.29 is 9.13 Å². The topological polar surface area (TPSA) is 21.3 Å². The Labute approximate surface area is 89.8 Å². The van der Waals surface area contributed by atoms with Crippen LogP contribution in [0.25, 0.3) is 0 Å². The van der Waals surface area contributed by atoms with Crippen molar-refractivity contribution in [1.82, 2.24) is 5.32 Å². The molecule has 0 unspecified atom stereocenters. The molecule has 1 N–H and O–H groups in total. The third-order valence-electron chi connectivity index (χ3n) is 1.98. The fourth-order valence-electron chi connectivity index (χ4n) is 1.20. The summed E-state index contributed by atoms with van der Waals surface area (Å²) in [4.78, 5) is 0. The van der Waals surface area contributed by atoms with E-state index in [-0.39, 0.29) is 5.82 Å². The van der Waals surface area contributed by atoms with E-state index in [4.69, 9.17) is 4.74 Å². The number of nitrogens with one attached hydrogen (secondary N) is 1. The van der Waals surface area contributed by atoms with E-state index in [2.05, 4.69) is 11.9 Å². The molecule has 0 amide bonds. The van der Waals surface area contributed by atoms with E-state index in [0.29, 0.717) is 6.61 Å². The molecular weight excluding hydrogens is 193 g/mol. The van der Waals surface area contributed by atoms with Crippen LogP contribution in [0.2, 0.25) is 0 Å². The standard InChI is InChI=1S/C12H16FNO/c1-2-15-9-3-8-14-10-11-4-6-12(13)7-5-11/h2,4-7,14H,1,3,8-10H2. The predicted octanol–water partition coefficient (Wildman–Crippen LogP) is 2.47. The van der Waals surface area contributed by atoms with Gasteiger partial charge in [-0.05, 0) is 30.7 Å². The molecule has 0 aromatic heterocycles. The quantitative estimate of drug-likeness (QED) is 0.550. The zero-order valence-electron chi connectivity index (χ0n) is 8.71. The molecule has 0 heterocycles. The first kappa shape index (κ1) is 11.7. The van der Waals surface area contributed by atoms with Gasteiger partial charge in [0, 0.05) is 6.54 Å².